The quantitative estimate of drug-likeness (QED) is 0.438. The van der Waals surface area contributed by atoms with Crippen LogP contribution < -0.4 is 11.4 Å². The van der Waals surface area contributed by atoms with Crippen molar-refractivity contribution in [2.45, 2.75) is 0 Å². The van der Waals surface area contributed by atoms with Crippen LogP contribution in [0, 0.1) is 0 Å². The Morgan fingerprint density at radius 1 is 1.50 bits per heavy atom. The largest absolute Gasteiger partial charge is 0.382 e. The summed E-state index contributed by atoms with van der Waals surface area (Å²) in [6.07, 6.45) is 1.43. The van der Waals surface area contributed by atoms with Crippen molar-refractivity contribution in [1.82, 2.24) is 25.1 Å². The van der Waals surface area contributed by atoms with E-state index in [1.807, 2.05) is 0 Å². The van der Waals surface area contributed by atoms with E-state index in [4.69, 9.17) is 5.73 Å². The third kappa shape index (κ3) is 0.875. The molecule has 12 heavy (non-hydrogen) atoms. The zero-order valence-corrected chi connectivity index (χ0v) is 5.96. The molecule has 0 amide bonds. The van der Waals surface area contributed by atoms with Gasteiger partial charge in [0.15, 0.2) is 11.6 Å². The number of nitrogens with two attached hydrogens (primary N) is 1. The van der Waals surface area contributed by atoms with E-state index in [1.165, 1.54) is 6.33 Å². The second-order valence-electron chi connectivity index (χ2n) is 2.19. The third-order valence-corrected chi connectivity index (χ3v) is 1.41. The maximum atomic E-state index is 10.6. The number of anilines is 1. The lowest BCUT2D eigenvalue weighted by Gasteiger charge is -1.89. The van der Waals surface area contributed by atoms with Gasteiger partial charge in [-0.05, 0) is 0 Å². The summed E-state index contributed by atoms with van der Waals surface area (Å²) in [7, 11) is 0. The maximum absolute atomic E-state index is 10.6. The van der Waals surface area contributed by atoms with E-state index in [2.05, 4.69) is 25.1 Å². The fourth-order valence-electron chi connectivity index (χ4n) is 0.883. The summed E-state index contributed by atoms with van der Waals surface area (Å²) in [5.41, 5.74) is 5.60. The molecular formula is C5H6N6O. The zero-order valence-electron chi connectivity index (χ0n) is 5.96. The molecule has 0 aliphatic rings. The van der Waals surface area contributed by atoms with Crippen LogP contribution in [-0.2, 0) is 0 Å². The zero-order chi connectivity index (χ0) is 8.55. The van der Waals surface area contributed by atoms with Gasteiger partial charge in [-0.15, -0.1) is 0 Å². The number of hydrogen-bond acceptors (Lipinski definition) is 4. The average Bonchev–Trinajstić information content (AvgIpc) is 2.58. The molecule has 0 spiro atoms. The van der Waals surface area contributed by atoms with Crippen molar-refractivity contribution >= 4 is 5.82 Å². The first kappa shape index (κ1) is 6.65. The fourth-order valence-corrected chi connectivity index (χ4v) is 0.883. The summed E-state index contributed by atoms with van der Waals surface area (Å²) in [5.74, 6) is 0.660. The van der Waals surface area contributed by atoms with Crippen molar-refractivity contribution in [1.29, 1.82) is 0 Å². The van der Waals surface area contributed by atoms with E-state index in [0.29, 0.717) is 17.3 Å². The summed E-state index contributed by atoms with van der Waals surface area (Å²) in [4.78, 5) is 19.6. The second-order valence-corrected chi connectivity index (χ2v) is 2.19. The number of nitrogens with one attached hydrogen (secondary N) is 3. The van der Waals surface area contributed by atoms with Crippen LogP contribution in [0.25, 0.3) is 11.5 Å². The Balaban J connectivity index is 2.57. The van der Waals surface area contributed by atoms with Gasteiger partial charge in [-0.3, -0.25) is 4.98 Å². The number of aromatic nitrogens is 5. The van der Waals surface area contributed by atoms with Gasteiger partial charge in [-0.1, -0.05) is 0 Å². The molecule has 0 unspecified atom stereocenters. The minimum Gasteiger partial charge on any atom is -0.382 e. The Labute approximate surface area is 66.0 Å². The number of nitrogen functional groups attached to an aromatic ring is 1. The predicted octanol–water partition coefficient (Wildman–Crippen LogP) is -0.930. The SMILES string of the molecule is Nc1nc[nH]c1-c1n[nH]c(=O)[nH]1. The highest BCUT2D eigenvalue weighted by atomic mass is 16.1. The molecule has 62 valence electrons. The molecule has 0 radical (unpaired) electrons. The van der Waals surface area contributed by atoms with Crippen LogP contribution >= 0.6 is 0 Å². The van der Waals surface area contributed by atoms with Gasteiger partial charge in [-0.25, -0.2) is 14.9 Å². The first-order valence-electron chi connectivity index (χ1n) is 3.21. The molecule has 0 atom stereocenters. The van der Waals surface area contributed by atoms with Crippen LogP contribution in [0.15, 0.2) is 11.1 Å². The smallest absolute Gasteiger partial charge is 0.340 e. The highest BCUT2D eigenvalue weighted by Gasteiger charge is 2.07. The van der Waals surface area contributed by atoms with E-state index in [1.54, 1.807) is 0 Å². The second kappa shape index (κ2) is 2.22. The summed E-state index contributed by atoms with van der Waals surface area (Å²) in [5, 5.41) is 5.89. The van der Waals surface area contributed by atoms with Gasteiger partial charge in [0.1, 0.15) is 5.69 Å². The number of aromatic amines is 3. The molecule has 0 fully saturated rings. The van der Waals surface area contributed by atoms with Crippen molar-refractivity contribution in [3.63, 3.8) is 0 Å². The monoisotopic (exact) mass is 166 g/mol. The molecule has 2 rings (SSSR count). The van der Waals surface area contributed by atoms with Gasteiger partial charge in [-0.2, -0.15) is 5.10 Å². The Bertz CT molecular complexity index is 436. The molecule has 2 heterocycles. The van der Waals surface area contributed by atoms with E-state index < -0.39 is 0 Å². The van der Waals surface area contributed by atoms with Gasteiger partial charge >= 0.3 is 5.69 Å². The Morgan fingerprint density at radius 2 is 2.33 bits per heavy atom. The predicted molar refractivity (Wildman–Crippen MR) is 41.2 cm³/mol. The number of hydrogen-bond donors (Lipinski definition) is 4. The van der Waals surface area contributed by atoms with Gasteiger partial charge < -0.3 is 10.7 Å². The highest BCUT2D eigenvalue weighted by Crippen LogP contribution is 2.14. The Morgan fingerprint density at radius 3 is 2.83 bits per heavy atom. The lowest BCUT2D eigenvalue weighted by atomic mass is 10.4. The van der Waals surface area contributed by atoms with Crippen molar-refractivity contribution in [3.8, 4) is 11.5 Å². The van der Waals surface area contributed by atoms with E-state index in [-0.39, 0.29) is 5.69 Å². The summed E-state index contributed by atoms with van der Waals surface area (Å²) in [6.45, 7) is 0. The van der Waals surface area contributed by atoms with Gasteiger partial charge in [0.25, 0.3) is 0 Å². The molecule has 0 saturated heterocycles. The minimum atomic E-state index is -0.376. The highest BCUT2D eigenvalue weighted by molar-refractivity contribution is 5.62. The van der Waals surface area contributed by atoms with Crippen LogP contribution in [-0.4, -0.2) is 25.1 Å². The lowest BCUT2D eigenvalue weighted by Crippen LogP contribution is -2.00. The van der Waals surface area contributed by atoms with E-state index >= 15 is 0 Å². The normalized spacial score (nSPS) is 10.3. The Kier molecular flexibility index (Phi) is 1.23. The van der Waals surface area contributed by atoms with Crippen molar-refractivity contribution in [2.24, 2.45) is 0 Å². The molecule has 5 N–H and O–H groups in total. The van der Waals surface area contributed by atoms with Crippen molar-refractivity contribution in [2.75, 3.05) is 5.73 Å². The molecule has 0 aliphatic heterocycles. The molecule has 0 aliphatic carbocycles. The van der Waals surface area contributed by atoms with Crippen LogP contribution in [0.4, 0.5) is 5.82 Å². The molecule has 7 heteroatoms. The first-order chi connectivity index (χ1) is 5.77. The van der Waals surface area contributed by atoms with Crippen LogP contribution in [0.3, 0.4) is 0 Å². The minimum absolute atomic E-state index is 0.303. The van der Waals surface area contributed by atoms with Gasteiger partial charge in [0.05, 0.1) is 6.33 Å². The molecule has 0 saturated carbocycles. The van der Waals surface area contributed by atoms with Crippen LogP contribution in [0.1, 0.15) is 0 Å². The van der Waals surface area contributed by atoms with Crippen LogP contribution in [0.2, 0.25) is 0 Å². The van der Waals surface area contributed by atoms with Gasteiger partial charge in [0.2, 0.25) is 0 Å². The molecule has 2 aromatic heterocycles. The topological polar surface area (TPSA) is 116 Å². The van der Waals surface area contributed by atoms with Crippen molar-refractivity contribution in [3.05, 3.63) is 16.8 Å². The standard InChI is InChI=1S/C5H6N6O/c6-3-2(7-1-8-3)4-9-5(12)11-10-4/h1H,6H2,(H,7,8)(H2,9,10,11,12). The summed E-state index contributed by atoms with van der Waals surface area (Å²) < 4.78 is 0. The molecule has 7 nitrogen and oxygen atoms in total. The third-order valence-electron chi connectivity index (χ3n) is 1.41. The number of rotatable bonds is 1. The molecule has 2 aromatic rings. The van der Waals surface area contributed by atoms with E-state index in [0.717, 1.165) is 0 Å². The fraction of sp³-hybridized carbons (Fsp3) is 0. The summed E-state index contributed by atoms with van der Waals surface area (Å²) in [6, 6.07) is 0. The van der Waals surface area contributed by atoms with Gasteiger partial charge in [0, 0.05) is 0 Å². The molecular weight excluding hydrogens is 160 g/mol. The van der Waals surface area contributed by atoms with Crippen LogP contribution in [0.5, 0.6) is 0 Å². The Hall–Kier alpha value is -2.05. The number of H-pyrrole nitrogens is 3. The molecule has 0 bridgehead atoms. The number of imidazole rings is 1. The average molecular weight is 166 g/mol. The van der Waals surface area contributed by atoms with Crippen molar-refractivity contribution < 1.29 is 0 Å². The first-order valence-corrected chi connectivity index (χ1v) is 3.21. The lowest BCUT2D eigenvalue weighted by molar-refractivity contribution is 1.05. The van der Waals surface area contributed by atoms with E-state index in [9.17, 15) is 4.79 Å². The maximum Gasteiger partial charge on any atom is 0.340 e. The summed E-state index contributed by atoms with van der Waals surface area (Å²) >= 11 is 0. The number of nitrogens with zero attached hydrogens (tertiary/aromatic N) is 2. The molecule has 0 aromatic carbocycles.